The zero-order chi connectivity index (χ0) is 17.9. The van der Waals surface area contributed by atoms with E-state index >= 15 is 0 Å². The Labute approximate surface area is 155 Å². The van der Waals surface area contributed by atoms with Crippen LogP contribution < -0.4 is 4.74 Å². The van der Waals surface area contributed by atoms with Gasteiger partial charge in [0.05, 0.1) is 10.8 Å². The predicted octanol–water partition coefficient (Wildman–Crippen LogP) is 2.88. The van der Waals surface area contributed by atoms with Crippen LogP contribution in [0.4, 0.5) is 0 Å². The third-order valence-corrected chi connectivity index (χ3v) is 5.42. The van der Waals surface area contributed by atoms with Crippen molar-refractivity contribution in [1.82, 2.24) is 24.7 Å². The number of amides is 1. The van der Waals surface area contributed by atoms with Gasteiger partial charge in [0.25, 0.3) is 0 Å². The van der Waals surface area contributed by atoms with Gasteiger partial charge in [0.2, 0.25) is 11.8 Å². The van der Waals surface area contributed by atoms with Crippen molar-refractivity contribution in [1.29, 1.82) is 0 Å². The molecule has 4 rings (SSSR count). The monoisotopic (exact) mass is 371 g/mol. The molecule has 1 atom stereocenters. The van der Waals surface area contributed by atoms with Gasteiger partial charge in [0, 0.05) is 19.2 Å². The van der Waals surface area contributed by atoms with E-state index in [1.807, 2.05) is 35.4 Å². The second-order valence-electron chi connectivity index (χ2n) is 6.54. The van der Waals surface area contributed by atoms with Crippen LogP contribution in [0.2, 0.25) is 0 Å². The number of aromatic nitrogens is 4. The van der Waals surface area contributed by atoms with E-state index in [1.165, 1.54) is 6.42 Å². The van der Waals surface area contributed by atoms with Crippen LogP contribution >= 0.6 is 11.3 Å². The van der Waals surface area contributed by atoms with Crippen LogP contribution in [0.5, 0.6) is 5.88 Å². The number of likely N-dealkylation sites (tertiary alicyclic amines) is 1. The van der Waals surface area contributed by atoms with Gasteiger partial charge in [-0.05, 0) is 36.8 Å². The zero-order valence-corrected chi connectivity index (χ0v) is 15.5. The number of nitrogens with zero attached hydrogens (tertiary/aromatic N) is 5. The Morgan fingerprint density at radius 2 is 2.08 bits per heavy atom. The van der Waals surface area contributed by atoms with Gasteiger partial charge in [0.15, 0.2) is 11.5 Å². The molecule has 1 amide bonds. The van der Waals surface area contributed by atoms with Crippen molar-refractivity contribution in [2.45, 2.75) is 26.2 Å². The fourth-order valence-corrected chi connectivity index (χ4v) is 3.81. The Bertz CT molecular complexity index is 886. The predicted molar refractivity (Wildman–Crippen MR) is 99.2 cm³/mol. The molecule has 1 aliphatic heterocycles. The Morgan fingerprint density at radius 1 is 1.23 bits per heavy atom. The lowest BCUT2D eigenvalue weighted by Gasteiger charge is -2.29. The molecule has 0 radical (unpaired) electrons. The number of hydrogen-bond acceptors (Lipinski definition) is 6. The highest BCUT2D eigenvalue weighted by molar-refractivity contribution is 7.13. The lowest BCUT2D eigenvalue weighted by Crippen LogP contribution is -2.40. The minimum Gasteiger partial charge on any atom is -0.476 e. The number of rotatable bonds is 5. The van der Waals surface area contributed by atoms with E-state index in [9.17, 15) is 4.79 Å². The normalized spacial score (nSPS) is 16.0. The number of carbonyl (C=O) groups is 1. The summed E-state index contributed by atoms with van der Waals surface area (Å²) in [5.74, 6) is 1.13. The van der Waals surface area contributed by atoms with Crippen molar-refractivity contribution >= 4 is 22.9 Å². The third kappa shape index (κ3) is 3.41. The first-order chi connectivity index (χ1) is 12.7. The fourth-order valence-electron chi connectivity index (χ4n) is 3.12. The van der Waals surface area contributed by atoms with Crippen LogP contribution in [0.15, 0.2) is 29.6 Å². The Hall–Kier alpha value is -2.48. The SMILES string of the molecule is C[C@H](COc1ccc2nnc(-c3cccs3)n2n1)C(=O)N1CCCCC1. The highest BCUT2D eigenvalue weighted by Crippen LogP contribution is 2.23. The molecule has 3 aromatic heterocycles. The van der Waals surface area contributed by atoms with E-state index in [0.29, 0.717) is 24.0 Å². The summed E-state index contributed by atoms with van der Waals surface area (Å²) >= 11 is 1.58. The molecule has 0 aromatic carbocycles. The molecule has 1 aliphatic rings. The van der Waals surface area contributed by atoms with Crippen LogP contribution in [0.25, 0.3) is 16.3 Å². The molecule has 1 fully saturated rings. The molecular formula is C18H21N5O2S. The van der Waals surface area contributed by atoms with Crippen LogP contribution in [-0.4, -0.2) is 50.3 Å². The average Bonchev–Trinajstić information content (AvgIpc) is 3.35. The molecule has 0 unspecified atom stereocenters. The Morgan fingerprint density at radius 3 is 2.85 bits per heavy atom. The number of hydrogen-bond donors (Lipinski definition) is 0. The fraction of sp³-hybridized carbons (Fsp3) is 0.444. The summed E-state index contributed by atoms with van der Waals surface area (Å²) in [6.07, 6.45) is 3.40. The van der Waals surface area contributed by atoms with Gasteiger partial charge in [-0.3, -0.25) is 4.79 Å². The van der Waals surface area contributed by atoms with Gasteiger partial charge < -0.3 is 9.64 Å². The molecule has 26 heavy (non-hydrogen) atoms. The first-order valence-corrected chi connectivity index (χ1v) is 9.78. The quantitative estimate of drug-likeness (QED) is 0.689. The van der Waals surface area contributed by atoms with E-state index in [-0.39, 0.29) is 11.8 Å². The summed E-state index contributed by atoms with van der Waals surface area (Å²) < 4.78 is 7.48. The van der Waals surface area contributed by atoms with E-state index in [2.05, 4.69) is 15.3 Å². The highest BCUT2D eigenvalue weighted by Gasteiger charge is 2.22. The van der Waals surface area contributed by atoms with Crippen molar-refractivity contribution in [3.05, 3.63) is 29.6 Å². The molecule has 0 aliphatic carbocycles. The van der Waals surface area contributed by atoms with Gasteiger partial charge in [-0.15, -0.1) is 26.6 Å². The summed E-state index contributed by atoms with van der Waals surface area (Å²) in [7, 11) is 0. The first kappa shape index (κ1) is 17.0. The number of thiophene rings is 1. The molecule has 0 saturated carbocycles. The molecule has 8 heteroatoms. The molecule has 7 nitrogen and oxygen atoms in total. The van der Waals surface area contributed by atoms with Crippen molar-refractivity contribution in [3.63, 3.8) is 0 Å². The molecule has 0 bridgehead atoms. The van der Waals surface area contributed by atoms with E-state index < -0.39 is 0 Å². The van der Waals surface area contributed by atoms with Crippen LogP contribution in [0, 0.1) is 5.92 Å². The van der Waals surface area contributed by atoms with Crippen LogP contribution in [0.3, 0.4) is 0 Å². The third-order valence-electron chi connectivity index (χ3n) is 4.55. The topological polar surface area (TPSA) is 72.6 Å². The first-order valence-electron chi connectivity index (χ1n) is 8.90. The second-order valence-corrected chi connectivity index (χ2v) is 7.49. The standard InChI is InChI=1S/C18H21N5O2S/c1-13(18(24)22-9-3-2-4-10-22)12-25-16-8-7-15-19-20-17(23(15)21-16)14-6-5-11-26-14/h5-8,11,13H,2-4,9-10,12H2,1H3/t13-/m1/s1. The van der Waals surface area contributed by atoms with Crippen LogP contribution in [-0.2, 0) is 4.79 Å². The van der Waals surface area contributed by atoms with Gasteiger partial charge in [-0.2, -0.15) is 4.52 Å². The number of fused-ring (bicyclic) bond motifs is 1. The summed E-state index contributed by atoms with van der Waals surface area (Å²) in [5, 5.41) is 14.8. The molecule has 0 spiro atoms. The molecule has 0 N–H and O–H groups in total. The maximum absolute atomic E-state index is 12.5. The van der Waals surface area contributed by atoms with Crippen molar-refractivity contribution in [2.24, 2.45) is 5.92 Å². The van der Waals surface area contributed by atoms with Gasteiger partial charge in [0.1, 0.15) is 6.61 Å². The van der Waals surface area contributed by atoms with Gasteiger partial charge in [-0.25, -0.2) is 0 Å². The summed E-state index contributed by atoms with van der Waals surface area (Å²) in [6.45, 7) is 3.94. The minimum atomic E-state index is -0.191. The largest absolute Gasteiger partial charge is 0.476 e. The van der Waals surface area contributed by atoms with Gasteiger partial charge in [-0.1, -0.05) is 13.0 Å². The molecule has 4 heterocycles. The number of ether oxygens (including phenoxy) is 1. The van der Waals surface area contributed by atoms with Crippen molar-refractivity contribution in [3.8, 4) is 16.6 Å². The van der Waals surface area contributed by atoms with E-state index in [4.69, 9.17) is 4.74 Å². The summed E-state index contributed by atoms with van der Waals surface area (Å²) in [4.78, 5) is 15.4. The lowest BCUT2D eigenvalue weighted by molar-refractivity contribution is -0.136. The Kier molecular flexibility index (Phi) is 4.83. The highest BCUT2D eigenvalue weighted by atomic mass is 32.1. The molecular weight excluding hydrogens is 350 g/mol. The lowest BCUT2D eigenvalue weighted by atomic mass is 10.1. The van der Waals surface area contributed by atoms with Gasteiger partial charge >= 0.3 is 0 Å². The Balaban J connectivity index is 1.45. The van der Waals surface area contributed by atoms with Crippen LogP contribution in [0.1, 0.15) is 26.2 Å². The van der Waals surface area contributed by atoms with Crippen molar-refractivity contribution in [2.75, 3.05) is 19.7 Å². The maximum Gasteiger partial charge on any atom is 0.231 e. The number of carbonyl (C=O) groups excluding carboxylic acids is 1. The second kappa shape index (κ2) is 7.41. The summed E-state index contributed by atoms with van der Waals surface area (Å²) in [5.41, 5.74) is 0.665. The van der Waals surface area contributed by atoms with E-state index in [0.717, 1.165) is 30.8 Å². The average molecular weight is 371 g/mol. The minimum absolute atomic E-state index is 0.161. The van der Waals surface area contributed by atoms with E-state index in [1.54, 1.807) is 21.9 Å². The smallest absolute Gasteiger partial charge is 0.231 e. The zero-order valence-electron chi connectivity index (χ0n) is 14.7. The maximum atomic E-state index is 12.5. The molecule has 1 saturated heterocycles. The molecule has 136 valence electrons. The summed E-state index contributed by atoms with van der Waals surface area (Å²) in [6, 6.07) is 7.54. The number of piperidine rings is 1. The van der Waals surface area contributed by atoms with Crippen molar-refractivity contribution < 1.29 is 9.53 Å². The molecule has 3 aromatic rings.